The summed E-state index contributed by atoms with van der Waals surface area (Å²) in [6, 6.07) is 5.27. The summed E-state index contributed by atoms with van der Waals surface area (Å²) in [6.07, 6.45) is 1.29. The van der Waals surface area contributed by atoms with Crippen LogP contribution in [-0.4, -0.2) is 28.9 Å². The van der Waals surface area contributed by atoms with Gasteiger partial charge in [0.15, 0.2) is 5.89 Å². The molecule has 7 nitrogen and oxygen atoms in total. The van der Waals surface area contributed by atoms with Crippen molar-refractivity contribution in [3.63, 3.8) is 0 Å². The number of hydrogen-bond donors (Lipinski definition) is 1. The first-order valence-electron chi connectivity index (χ1n) is 8.19. The van der Waals surface area contributed by atoms with Gasteiger partial charge in [-0.05, 0) is 43.0 Å². The molecular weight excluding hydrogens is 322 g/mol. The van der Waals surface area contributed by atoms with Crippen molar-refractivity contribution < 1.29 is 18.7 Å². The number of aromatic nitrogens is 1. The summed E-state index contributed by atoms with van der Waals surface area (Å²) >= 11 is 0. The van der Waals surface area contributed by atoms with Gasteiger partial charge in [0.25, 0.3) is 5.91 Å². The molecule has 1 fully saturated rings. The number of fused-ring (bicyclic) bond motifs is 2. The molecule has 0 saturated carbocycles. The second-order valence-corrected chi connectivity index (χ2v) is 6.49. The van der Waals surface area contributed by atoms with E-state index in [1.165, 1.54) is 4.90 Å². The van der Waals surface area contributed by atoms with Crippen molar-refractivity contribution in [2.45, 2.75) is 38.8 Å². The predicted molar refractivity (Wildman–Crippen MR) is 88.1 cm³/mol. The molecule has 7 heteroatoms. The van der Waals surface area contributed by atoms with Gasteiger partial charge >= 0.3 is 6.03 Å². The molecule has 1 saturated heterocycles. The summed E-state index contributed by atoms with van der Waals surface area (Å²) in [5, 5.41) is 2.91. The first-order valence-corrected chi connectivity index (χ1v) is 8.19. The zero-order valence-electron chi connectivity index (χ0n) is 14.4. The topological polar surface area (TPSA) is 84.7 Å². The first-order chi connectivity index (χ1) is 11.9. The van der Waals surface area contributed by atoms with E-state index < -0.39 is 11.6 Å². The molecule has 0 bridgehead atoms. The number of amides is 3. The second-order valence-electron chi connectivity index (χ2n) is 6.49. The molecule has 0 radical (unpaired) electrons. The van der Waals surface area contributed by atoms with Crippen molar-refractivity contribution >= 4 is 11.9 Å². The number of nitrogens with one attached hydrogen (secondary N) is 1. The summed E-state index contributed by atoms with van der Waals surface area (Å²) in [5.74, 6) is 1.56. The zero-order valence-corrected chi connectivity index (χ0v) is 14.4. The number of nitrogens with zero attached hydrogens (tertiary/aromatic N) is 2. The molecule has 1 aromatic heterocycles. The van der Waals surface area contributed by atoms with E-state index >= 15 is 0 Å². The van der Waals surface area contributed by atoms with Crippen LogP contribution in [0.3, 0.4) is 0 Å². The Morgan fingerprint density at radius 1 is 1.36 bits per heavy atom. The molecule has 3 amide bonds. The maximum absolute atomic E-state index is 13.2. The van der Waals surface area contributed by atoms with Gasteiger partial charge < -0.3 is 14.5 Å². The number of hydrogen-bond acceptors (Lipinski definition) is 5. The molecule has 1 aliphatic heterocycles. The number of rotatable bonds is 3. The van der Waals surface area contributed by atoms with E-state index in [0.717, 1.165) is 17.5 Å². The van der Waals surface area contributed by atoms with Crippen LogP contribution in [0, 0.1) is 13.8 Å². The summed E-state index contributed by atoms with van der Waals surface area (Å²) in [4.78, 5) is 31.2. The van der Waals surface area contributed by atoms with E-state index in [9.17, 15) is 9.59 Å². The number of benzene rings is 1. The third-order valence-electron chi connectivity index (χ3n) is 5.03. The van der Waals surface area contributed by atoms with Crippen LogP contribution >= 0.6 is 0 Å². The molecule has 1 N–H and O–H groups in total. The van der Waals surface area contributed by atoms with Crippen molar-refractivity contribution in [3.05, 3.63) is 46.7 Å². The van der Waals surface area contributed by atoms with Crippen molar-refractivity contribution in [2.75, 3.05) is 7.11 Å². The molecule has 130 valence electrons. The molecule has 1 spiro atoms. The van der Waals surface area contributed by atoms with Crippen LogP contribution in [0.4, 0.5) is 4.79 Å². The first kappa shape index (κ1) is 15.7. The Labute approximate surface area is 145 Å². The fourth-order valence-corrected chi connectivity index (χ4v) is 3.74. The standard InChI is InChI=1S/C18H19N3O4/c1-10-15(19-11(2)25-10)9-21-16(22)18(20-17(21)23)7-6-12-4-5-13(24-3)8-14(12)18/h4-5,8H,6-7,9H2,1-3H3,(H,20,23). The number of carbonyl (C=O) groups excluding carboxylic acids is 2. The average Bonchev–Trinajstić information content (AvgIpc) is 3.19. The number of ether oxygens (including phenoxy) is 1. The van der Waals surface area contributed by atoms with E-state index in [0.29, 0.717) is 29.5 Å². The van der Waals surface area contributed by atoms with Crippen LogP contribution in [0.5, 0.6) is 5.75 Å². The third kappa shape index (κ3) is 2.22. The normalized spacial score (nSPS) is 21.8. The maximum Gasteiger partial charge on any atom is 0.325 e. The van der Waals surface area contributed by atoms with Crippen LogP contribution < -0.4 is 10.1 Å². The van der Waals surface area contributed by atoms with E-state index in [2.05, 4.69) is 10.3 Å². The number of imide groups is 1. The fourth-order valence-electron chi connectivity index (χ4n) is 3.74. The van der Waals surface area contributed by atoms with Gasteiger partial charge in [0.2, 0.25) is 0 Å². The summed E-state index contributed by atoms with van der Waals surface area (Å²) in [7, 11) is 1.58. The molecule has 2 aliphatic rings. The molecule has 1 atom stereocenters. The number of oxazole rings is 1. The minimum atomic E-state index is -1.01. The Bertz CT molecular complexity index is 888. The lowest BCUT2D eigenvalue weighted by molar-refractivity contribution is -0.132. The molecule has 1 unspecified atom stereocenters. The fraction of sp³-hybridized carbons (Fsp3) is 0.389. The average molecular weight is 341 g/mol. The lowest BCUT2D eigenvalue weighted by Gasteiger charge is -2.22. The number of carbonyl (C=O) groups is 2. The maximum atomic E-state index is 13.2. The molecule has 2 heterocycles. The van der Waals surface area contributed by atoms with E-state index in [1.807, 2.05) is 18.2 Å². The van der Waals surface area contributed by atoms with Crippen molar-refractivity contribution in [1.82, 2.24) is 15.2 Å². The third-order valence-corrected chi connectivity index (χ3v) is 5.03. The Balaban J connectivity index is 1.70. The van der Waals surface area contributed by atoms with Crippen LogP contribution in [0.15, 0.2) is 22.6 Å². The molecule has 25 heavy (non-hydrogen) atoms. The van der Waals surface area contributed by atoms with Gasteiger partial charge in [0.05, 0.1) is 13.7 Å². The quantitative estimate of drug-likeness (QED) is 0.865. The molecule has 2 aromatic rings. The Hall–Kier alpha value is -2.83. The largest absolute Gasteiger partial charge is 0.497 e. The Kier molecular flexibility index (Phi) is 3.35. The molecule has 1 aliphatic carbocycles. The van der Waals surface area contributed by atoms with E-state index in [-0.39, 0.29) is 12.5 Å². The van der Waals surface area contributed by atoms with Gasteiger partial charge in [-0.2, -0.15) is 0 Å². The van der Waals surface area contributed by atoms with Crippen LogP contribution in [0.1, 0.15) is 34.9 Å². The highest BCUT2D eigenvalue weighted by Gasteiger charge is 2.55. The number of methoxy groups -OCH3 is 1. The number of urea groups is 1. The lowest BCUT2D eigenvalue weighted by atomic mass is 9.91. The van der Waals surface area contributed by atoms with Crippen molar-refractivity contribution in [3.8, 4) is 5.75 Å². The zero-order chi connectivity index (χ0) is 17.8. The Morgan fingerprint density at radius 3 is 2.84 bits per heavy atom. The lowest BCUT2D eigenvalue weighted by Crippen LogP contribution is -2.41. The van der Waals surface area contributed by atoms with Crippen molar-refractivity contribution in [1.29, 1.82) is 0 Å². The second kappa shape index (κ2) is 5.34. The van der Waals surface area contributed by atoms with E-state index in [1.54, 1.807) is 21.0 Å². The van der Waals surface area contributed by atoms with Gasteiger partial charge in [0, 0.05) is 6.92 Å². The van der Waals surface area contributed by atoms with Crippen LogP contribution in [0.2, 0.25) is 0 Å². The monoisotopic (exact) mass is 341 g/mol. The molecule has 4 rings (SSSR count). The van der Waals surface area contributed by atoms with Crippen LogP contribution in [-0.2, 0) is 23.3 Å². The highest BCUT2D eigenvalue weighted by atomic mass is 16.5. The molecule has 1 aromatic carbocycles. The van der Waals surface area contributed by atoms with Crippen molar-refractivity contribution in [2.24, 2.45) is 0 Å². The minimum Gasteiger partial charge on any atom is -0.497 e. The van der Waals surface area contributed by atoms with Gasteiger partial charge in [-0.15, -0.1) is 0 Å². The summed E-state index contributed by atoms with van der Waals surface area (Å²) < 4.78 is 10.7. The highest BCUT2D eigenvalue weighted by molar-refractivity contribution is 6.08. The van der Waals surface area contributed by atoms with E-state index in [4.69, 9.17) is 9.15 Å². The van der Waals surface area contributed by atoms with Gasteiger partial charge in [-0.3, -0.25) is 9.69 Å². The molecular formula is C18H19N3O4. The number of aryl methyl sites for hydroxylation is 3. The van der Waals surface area contributed by atoms with Gasteiger partial charge in [-0.1, -0.05) is 6.07 Å². The van der Waals surface area contributed by atoms with Gasteiger partial charge in [-0.25, -0.2) is 9.78 Å². The highest BCUT2D eigenvalue weighted by Crippen LogP contribution is 2.43. The predicted octanol–water partition coefficient (Wildman–Crippen LogP) is 2.19. The van der Waals surface area contributed by atoms with Gasteiger partial charge in [0.1, 0.15) is 22.7 Å². The smallest absolute Gasteiger partial charge is 0.325 e. The summed E-state index contributed by atoms with van der Waals surface area (Å²) in [5.41, 5.74) is 1.47. The minimum absolute atomic E-state index is 0.106. The Morgan fingerprint density at radius 2 is 2.16 bits per heavy atom. The SMILES string of the molecule is COc1ccc2c(c1)C1(CC2)NC(=O)N(Cc2nc(C)oc2C)C1=O. The summed E-state index contributed by atoms with van der Waals surface area (Å²) in [6.45, 7) is 3.62. The van der Waals surface area contributed by atoms with Crippen LogP contribution in [0.25, 0.3) is 0 Å².